The smallest absolute Gasteiger partial charge is 0.475 e. The number of alkyl halides is 6. The monoisotopic (exact) mass is 508 g/mol. The van der Waals surface area contributed by atoms with E-state index < -0.39 is 24.3 Å². The van der Waals surface area contributed by atoms with Crippen molar-refractivity contribution in [2.75, 3.05) is 40.3 Å². The van der Waals surface area contributed by atoms with Gasteiger partial charge in [-0.2, -0.15) is 26.3 Å². The molecule has 2 fully saturated rings. The van der Waals surface area contributed by atoms with E-state index >= 15 is 0 Å². The number of aliphatic carboxylic acids is 2. The van der Waals surface area contributed by atoms with Gasteiger partial charge >= 0.3 is 24.3 Å². The van der Waals surface area contributed by atoms with Crippen LogP contribution in [0.5, 0.6) is 0 Å². The zero-order valence-electron chi connectivity index (χ0n) is 17.9. The zero-order chi connectivity index (χ0) is 25.4. The number of carbonyl (C=O) groups is 2. The number of rotatable bonds is 4. The van der Waals surface area contributed by atoms with Crippen molar-refractivity contribution in [1.29, 1.82) is 0 Å². The first-order valence-electron chi connectivity index (χ1n) is 9.72. The molecule has 7 nitrogen and oxygen atoms in total. The summed E-state index contributed by atoms with van der Waals surface area (Å²) in [4.78, 5) is 24.1. The van der Waals surface area contributed by atoms with Crippen molar-refractivity contribution in [2.24, 2.45) is 11.8 Å². The van der Waals surface area contributed by atoms with Gasteiger partial charge in [0.15, 0.2) is 0 Å². The van der Waals surface area contributed by atoms with E-state index in [2.05, 4.69) is 41.4 Å². The molecule has 2 N–H and O–H groups in total. The van der Waals surface area contributed by atoms with Gasteiger partial charge in [0.1, 0.15) is 0 Å². The van der Waals surface area contributed by atoms with Crippen molar-refractivity contribution in [3.05, 3.63) is 22.4 Å². The number of likely N-dealkylation sites (tertiary alicyclic amines) is 1. The highest BCUT2D eigenvalue weighted by Crippen LogP contribution is 2.35. The summed E-state index contributed by atoms with van der Waals surface area (Å²) < 4.78 is 69.5. The Morgan fingerprint density at radius 3 is 2.12 bits per heavy atom. The van der Waals surface area contributed by atoms with Crippen LogP contribution in [0.3, 0.4) is 0 Å². The molecule has 0 amide bonds. The number of fused-ring (bicyclic) bond motifs is 1. The standard InChI is InChI=1S/C15H24N2OS.2C2HF3O2/c1-16(2)10-15-14-5-6-17(8-12(14)11-18-15)9-13-4-3-7-19-13;2*3-2(4,5)1(6)7/h3-4,7,12,14-15H,5-6,8-11H2,1-2H3;2*(H,6,7)/t12-,14-,15+;;/m1../s1. The Balaban J connectivity index is 0.000000324. The van der Waals surface area contributed by atoms with E-state index in [-0.39, 0.29) is 0 Å². The van der Waals surface area contributed by atoms with Crippen LogP contribution in [-0.4, -0.2) is 90.7 Å². The van der Waals surface area contributed by atoms with Crippen molar-refractivity contribution < 1.29 is 50.9 Å². The van der Waals surface area contributed by atoms with E-state index in [9.17, 15) is 26.3 Å². The predicted molar refractivity (Wildman–Crippen MR) is 107 cm³/mol. The first-order valence-corrected chi connectivity index (χ1v) is 10.6. The molecule has 2 aliphatic heterocycles. The van der Waals surface area contributed by atoms with Gasteiger partial charge in [0.05, 0.1) is 12.7 Å². The summed E-state index contributed by atoms with van der Waals surface area (Å²) in [6.45, 7) is 5.61. The van der Waals surface area contributed by atoms with Crippen molar-refractivity contribution in [3.63, 3.8) is 0 Å². The number of carboxylic acids is 2. The molecule has 0 aromatic carbocycles. The number of carboxylic acid groups (broad SMARTS) is 2. The van der Waals surface area contributed by atoms with Crippen molar-refractivity contribution >= 4 is 23.3 Å². The molecule has 0 spiro atoms. The summed E-state index contributed by atoms with van der Waals surface area (Å²) in [5.74, 6) is -3.99. The van der Waals surface area contributed by atoms with Crippen LogP contribution in [0.25, 0.3) is 0 Å². The second kappa shape index (κ2) is 12.5. The quantitative estimate of drug-likeness (QED) is 0.603. The van der Waals surface area contributed by atoms with Gasteiger partial charge in [-0.05, 0) is 44.4 Å². The fourth-order valence-corrected chi connectivity index (χ4v) is 4.22. The van der Waals surface area contributed by atoms with Crippen LogP contribution in [0.1, 0.15) is 11.3 Å². The maximum absolute atomic E-state index is 10.6. The highest BCUT2D eigenvalue weighted by molar-refractivity contribution is 7.09. The highest BCUT2D eigenvalue weighted by atomic mass is 32.1. The number of hydrogen-bond acceptors (Lipinski definition) is 6. The molecule has 0 radical (unpaired) electrons. The number of ether oxygens (including phenoxy) is 1. The largest absolute Gasteiger partial charge is 0.490 e. The molecule has 2 saturated heterocycles. The van der Waals surface area contributed by atoms with Crippen LogP contribution in [0.15, 0.2) is 17.5 Å². The number of likely N-dealkylation sites (N-methyl/N-ethyl adjacent to an activating group) is 1. The summed E-state index contributed by atoms with van der Waals surface area (Å²) in [7, 11) is 4.28. The minimum atomic E-state index is -5.08. The number of halogens is 6. The second-order valence-corrected chi connectivity index (χ2v) is 8.80. The average molecular weight is 508 g/mol. The molecule has 3 heterocycles. The number of hydrogen-bond donors (Lipinski definition) is 2. The first kappa shape index (κ1) is 29.1. The van der Waals surface area contributed by atoms with Crippen molar-refractivity contribution in [2.45, 2.75) is 31.4 Å². The van der Waals surface area contributed by atoms with Crippen LogP contribution in [0.2, 0.25) is 0 Å². The lowest BCUT2D eigenvalue weighted by atomic mass is 9.84. The van der Waals surface area contributed by atoms with E-state index in [4.69, 9.17) is 24.5 Å². The summed E-state index contributed by atoms with van der Waals surface area (Å²) in [6.07, 6.45) is -8.40. The zero-order valence-corrected chi connectivity index (χ0v) is 18.7. The summed E-state index contributed by atoms with van der Waals surface area (Å²) in [5, 5.41) is 16.4. The molecule has 2 aliphatic rings. The Labute approximate surface area is 190 Å². The fraction of sp³-hybridized carbons (Fsp3) is 0.684. The third-order valence-corrected chi connectivity index (χ3v) is 5.73. The highest BCUT2D eigenvalue weighted by Gasteiger charge is 2.41. The van der Waals surface area contributed by atoms with E-state index in [0.717, 1.165) is 31.5 Å². The van der Waals surface area contributed by atoms with Crippen LogP contribution in [0.4, 0.5) is 26.3 Å². The second-order valence-electron chi connectivity index (χ2n) is 7.77. The minimum absolute atomic E-state index is 0.462. The Morgan fingerprint density at radius 2 is 1.70 bits per heavy atom. The SMILES string of the molecule is CN(C)C[C@@H]1OC[C@H]2CN(Cc3cccs3)CC[C@H]21.O=C(O)C(F)(F)F.O=C(O)C(F)(F)F. The fourth-order valence-electron chi connectivity index (χ4n) is 3.48. The summed E-state index contributed by atoms with van der Waals surface area (Å²) in [5.41, 5.74) is 0. The van der Waals surface area contributed by atoms with Gasteiger partial charge in [0.2, 0.25) is 0 Å². The van der Waals surface area contributed by atoms with E-state index in [1.807, 2.05) is 11.3 Å². The lowest BCUT2D eigenvalue weighted by Crippen LogP contribution is -2.42. The molecular formula is C19H26F6N2O5S. The average Bonchev–Trinajstić information content (AvgIpc) is 3.31. The molecule has 14 heteroatoms. The molecule has 0 aliphatic carbocycles. The van der Waals surface area contributed by atoms with Gasteiger partial charge in [0, 0.05) is 30.4 Å². The summed E-state index contributed by atoms with van der Waals surface area (Å²) >= 11 is 1.87. The molecule has 1 aromatic heterocycles. The van der Waals surface area contributed by atoms with Crippen LogP contribution in [0, 0.1) is 11.8 Å². The van der Waals surface area contributed by atoms with Crippen LogP contribution < -0.4 is 0 Å². The first-order chi connectivity index (χ1) is 15.1. The molecule has 0 saturated carbocycles. The number of piperidine rings is 1. The minimum Gasteiger partial charge on any atom is -0.475 e. The Hall–Kier alpha value is -1.90. The molecule has 0 bridgehead atoms. The van der Waals surface area contributed by atoms with E-state index in [0.29, 0.717) is 6.10 Å². The lowest BCUT2D eigenvalue weighted by molar-refractivity contribution is -0.193. The van der Waals surface area contributed by atoms with Crippen LogP contribution in [-0.2, 0) is 20.9 Å². The van der Waals surface area contributed by atoms with Gasteiger partial charge in [0.25, 0.3) is 0 Å². The van der Waals surface area contributed by atoms with Crippen molar-refractivity contribution in [3.8, 4) is 0 Å². The normalized spacial score (nSPS) is 23.1. The van der Waals surface area contributed by atoms with Crippen molar-refractivity contribution in [1.82, 2.24) is 9.80 Å². The number of thiophene rings is 1. The predicted octanol–water partition coefficient (Wildman–Crippen LogP) is 3.41. The summed E-state index contributed by atoms with van der Waals surface area (Å²) in [6, 6.07) is 4.40. The molecular weight excluding hydrogens is 482 g/mol. The maximum Gasteiger partial charge on any atom is 0.490 e. The number of nitrogens with zero attached hydrogens (tertiary/aromatic N) is 2. The van der Waals surface area contributed by atoms with Gasteiger partial charge in [-0.25, -0.2) is 9.59 Å². The third-order valence-electron chi connectivity index (χ3n) is 4.87. The molecule has 1 aromatic rings. The van der Waals surface area contributed by atoms with Gasteiger partial charge in [-0.1, -0.05) is 6.07 Å². The lowest BCUT2D eigenvalue weighted by Gasteiger charge is -2.35. The third kappa shape index (κ3) is 10.7. The maximum atomic E-state index is 10.6. The molecule has 0 unspecified atom stereocenters. The topological polar surface area (TPSA) is 90.3 Å². The molecule has 190 valence electrons. The molecule has 3 atom stereocenters. The molecule has 33 heavy (non-hydrogen) atoms. The Bertz CT molecular complexity index is 718. The van der Waals surface area contributed by atoms with Crippen LogP contribution >= 0.6 is 11.3 Å². The van der Waals surface area contributed by atoms with Gasteiger partial charge in [-0.3, -0.25) is 4.90 Å². The van der Waals surface area contributed by atoms with Gasteiger partial charge < -0.3 is 19.8 Å². The Morgan fingerprint density at radius 1 is 1.15 bits per heavy atom. The van der Waals surface area contributed by atoms with E-state index in [1.54, 1.807) is 0 Å². The van der Waals surface area contributed by atoms with Gasteiger partial charge in [-0.15, -0.1) is 11.3 Å². The Kier molecular flexibility index (Phi) is 11.1. The van der Waals surface area contributed by atoms with E-state index in [1.165, 1.54) is 24.4 Å². The molecule has 3 rings (SSSR count).